The van der Waals surface area contributed by atoms with Crippen molar-refractivity contribution in [1.82, 2.24) is 5.32 Å². The highest BCUT2D eigenvalue weighted by molar-refractivity contribution is 5.75. The molecule has 0 unspecified atom stereocenters. The second-order valence-corrected chi connectivity index (χ2v) is 5.07. The van der Waals surface area contributed by atoms with E-state index < -0.39 is 0 Å². The Balaban J connectivity index is 2.17. The third kappa shape index (κ3) is 6.74. The van der Waals surface area contributed by atoms with E-state index in [1.807, 2.05) is 32.0 Å². The molecule has 0 bridgehead atoms. The Kier molecular flexibility index (Phi) is 5.16. The van der Waals surface area contributed by atoms with Crippen molar-refractivity contribution in [3.8, 4) is 0 Å². The molecular formula is C14H22N2O. The van der Waals surface area contributed by atoms with Gasteiger partial charge in [0.15, 0.2) is 0 Å². The monoisotopic (exact) mass is 234 g/mol. The van der Waals surface area contributed by atoms with Crippen molar-refractivity contribution in [2.24, 2.45) is 5.73 Å². The molecule has 94 valence electrons. The molecule has 3 nitrogen and oxygen atoms in total. The highest BCUT2D eigenvalue weighted by Gasteiger charge is 2.12. The smallest absolute Gasteiger partial charge is 0.220 e. The molecule has 0 radical (unpaired) electrons. The minimum atomic E-state index is -0.267. The van der Waals surface area contributed by atoms with Crippen LogP contribution in [-0.4, -0.2) is 18.0 Å². The lowest BCUT2D eigenvalue weighted by Gasteiger charge is -2.17. The van der Waals surface area contributed by atoms with Gasteiger partial charge in [-0.15, -0.1) is 0 Å². The van der Waals surface area contributed by atoms with E-state index in [0.29, 0.717) is 19.4 Å². The van der Waals surface area contributed by atoms with Gasteiger partial charge in [-0.05, 0) is 32.3 Å². The lowest BCUT2D eigenvalue weighted by atomic mass is 10.00. The van der Waals surface area contributed by atoms with Crippen molar-refractivity contribution < 1.29 is 4.79 Å². The Morgan fingerprint density at radius 1 is 1.29 bits per heavy atom. The van der Waals surface area contributed by atoms with Gasteiger partial charge in [-0.2, -0.15) is 0 Å². The zero-order chi connectivity index (χ0) is 12.7. The van der Waals surface area contributed by atoms with Crippen LogP contribution in [0.15, 0.2) is 30.3 Å². The average molecular weight is 234 g/mol. The first-order chi connectivity index (χ1) is 7.97. The van der Waals surface area contributed by atoms with Gasteiger partial charge in [0, 0.05) is 18.5 Å². The summed E-state index contributed by atoms with van der Waals surface area (Å²) in [4.78, 5) is 11.5. The number of rotatable bonds is 6. The molecule has 1 rings (SSSR count). The minimum absolute atomic E-state index is 0.0828. The molecule has 0 heterocycles. The second-order valence-electron chi connectivity index (χ2n) is 5.07. The highest BCUT2D eigenvalue weighted by Crippen LogP contribution is 2.06. The molecule has 0 fully saturated rings. The molecule has 0 aliphatic rings. The van der Waals surface area contributed by atoms with Crippen LogP contribution in [0, 0.1) is 0 Å². The third-order valence-corrected chi connectivity index (χ3v) is 2.58. The molecular weight excluding hydrogens is 212 g/mol. The average Bonchev–Trinajstić information content (AvgIpc) is 2.27. The summed E-state index contributed by atoms with van der Waals surface area (Å²) in [6, 6.07) is 10.1. The van der Waals surface area contributed by atoms with Gasteiger partial charge in [-0.25, -0.2) is 0 Å². The van der Waals surface area contributed by atoms with E-state index in [1.165, 1.54) is 5.56 Å². The van der Waals surface area contributed by atoms with Crippen LogP contribution in [0.2, 0.25) is 0 Å². The number of hydrogen-bond acceptors (Lipinski definition) is 2. The molecule has 0 aliphatic heterocycles. The van der Waals surface area contributed by atoms with Crippen LogP contribution in [0.1, 0.15) is 32.3 Å². The summed E-state index contributed by atoms with van der Waals surface area (Å²) >= 11 is 0. The van der Waals surface area contributed by atoms with Gasteiger partial charge < -0.3 is 11.1 Å². The number of hydrogen-bond donors (Lipinski definition) is 2. The lowest BCUT2D eigenvalue weighted by Crippen LogP contribution is -2.34. The SMILES string of the molecule is CC(C)(N)CCC(=O)NCCc1ccccc1. The van der Waals surface area contributed by atoms with Crippen molar-refractivity contribution in [2.45, 2.75) is 38.6 Å². The lowest BCUT2D eigenvalue weighted by molar-refractivity contribution is -0.121. The topological polar surface area (TPSA) is 55.1 Å². The van der Waals surface area contributed by atoms with Crippen LogP contribution in [0.3, 0.4) is 0 Å². The maximum Gasteiger partial charge on any atom is 0.220 e. The van der Waals surface area contributed by atoms with Crippen molar-refractivity contribution in [1.29, 1.82) is 0 Å². The first kappa shape index (κ1) is 13.7. The fourth-order valence-corrected chi connectivity index (χ4v) is 1.52. The Labute approximate surface area is 103 Å². The maximum absolute atomic E-state index is 11.5. The molecule has 3 N–H and O–H groups in total. The number of carbonyl (C=O) groups is 1. The van der Waals surface area contributed by atoms with Crippen molar-refractivity contribution in [2.75, 3.05) is 6.54 Å². The van der Waals surface area contributed by atoms with Gasteiger partial charge in [0.1, 0.15) is 0 Å². The summed E-state index contributed by atoms with van der Waals surface area (Å²) in [6.07, 6.45) is 2.08. The Morgan fingerprint density at radius 3 is 2.53 bits per heavy atom. The Hall–Kier alpha value is -1.35. The standard InChI is InChI=1S/C14H22N2O/c1-14(2,15)10-8-13(17)16-11-9-12-6-4-3-5-7-12/h3-7H,8-11,15H2,1-2H3,(H,16,17). The number of benzene rings is 1. The number of carbonyl (C=O) groups excluding carboxylic acids is 1. The molecule has 1 amide bonds. The van der Waals surface area contributed by atoms with Gasteiger partial charge in [-0.1, -0.05) is 30.3 Å². The fourth-order valence-electron chi connectivity index (χ4n) is 1.52. The Bertz CT molecular complexity index is 341. The van der Waals surface area contributed by atoms with Crippen LogP contribution in [0.5, 0.6) is 0 Å². The van der Waals surface area contributed by atoms with Crippen molar-refractivity contribution in [3.05, 3.63) is 35.9 Å². The minimum Gasteiger partial charge on any atom is -0.356 e. The molecule has 1 aromatic rings. The van der Waals surface area contributed by atoms with Crippen LogP contribution < -0.4 is 11.1 Å². The van der Waals surface area contributed by atoms with Gasteiger partial charge in [0.05, 0.1) is 0 Å². The zero-order valence-corrected chi connectivity index (χ0v) is 10.7. The van der Waals surface area contributed by atoms with Crippen LogP contribution in [0.25, 0.3) is 0 Å². The summed E-state index contributed by atoms with van der Waals surface area (Å²) in [5, 5.41) is 2.91. The quantitative estimate of drug-likeness (QED) is 0.789. The van der Waals surface area contributed by atoms with E-state index in [1.54, 1.807) is 0 Å². The summed E-state index contributed by atoms with van der Waals surface area (Å²) in [6.45, 7) is 4.56. The van der Waals surface area contributed by atoms with Crippen LogP contribution in [0.4, 0.5) is 0 Å². The molecule has 0 atom stereocenters. The summed E-state index contributed by atoms with van der Waals surface area (Å²) < 4.78 is 0. The number of amides is 1. The predicted molar refractivity (Wildman–Crippen MR) is 70.7 cm³/mol. The molecule has 0 saturated heterocycles. The van der Waals surface area contributed by atoms with Crippen LogP contribution in [-0.2, 0) is 11.2 Å². The summed E-state index contributed by atoms with van der Waals surface area (Å²) in [7, 11) is 0. The van der Waals surface area contributed by atoms with Crippen LogP contribution >= 0.6 is 0 Å². The fraction of sp³-hybridized carbons (Fsp3) is 0.500. The molecule has 0 saturated carbocycles. The van der Waals surface area contributed by atoms with E-state index in [4.69, 9.17) is 5.73 Å². The van der Waals surface area contributed by atoms with E-state index in [2.05, 4.69) is 17.4 Å². The van der Waals surface area contributed by atoms with E-state index in [-0.39, 0.29) is 11.4 Å². The zero-order valence-electron chi connectivity index (χ0n) is 10.7. The van der Waals surface area contributed by atoms with Crippen molar-refractivity contribution in [3.63, 3.8) is 0 Å². The number of nitrogens with two attached hydrogens (primary N) is 1. The third-order valence-electron chi connectivity index (χ3n) is 2.58. The molecule has 1 aromatic carbocycles. The molecule has 0 aliphatic carbocycles. The second kappa shape index (κ2) is 6.40. The normalized spacial score (nSPS) is 11.2. The predicted octanol–water partition coefficient (Wildman–Crippen LogP) is 1.86. The van der Waals surface area contributed by atoms with Gasteiger partial charge >= 0.3 is 0 Å². The van der Waals surface area contributed by atoms with Crippen molar-refractivity contribution >= 4 is 5.91 Å². The van der Waals surface area contributed by atoms with Gasteiger partial charge in [0.2, 0.25) is 5.91 Å². The summed E-state index contributed by atoms with van der Waals surface area (Å²) in [5.41, 5.74) is 6.80. The Morgan fingerprint density at radius 2 is 1.94 bits per heavy atom. The van der Waals surface area contributed by atoms with E-state index in [0.717, 1.165) is 6.42 Å². The largest absolute Gasteiger partial charge is 0.356 e. The molecule has 17 heavy (non-hydrogen) atoms. The molecule has 0 aromatic heterocycles. The van der Waals surface area contributed by atoms with Gasteiger partial charge in [-0.3, -0.25) is 4.79 Å². The number of nitrogens with one attached hydrogen (secondary N) is 1. The maximum atomic E-state index is 11.5. The molecule has 3 heteroatoms. The molecule has 0 spiro atoms. The first-order valence-corrected chi connectivity index (χ1v) is 6.07. The first-order valence-electron chi connectivity index (χ1n) is 6.07. The van der Waals surface area contributed by atoms with E-state index >= 15 is 0 Å². The highest BCUT2D eigenvalue weighted by atomic mass is 16.1. The summed E-state index contributed by atoms with van der Waals surface area (Å²) in [5.74, 6) is 0.0828. The van der Waals surface area contributed by atoms with Gasteiger partial charge in [0.25, 0.3) is 0 Å². The van der Waals surface area contributed by atoms with E-state index in [9.17, 15) is 4.79 Å².